The van der Waals surface area contributed by atoms with Gasteiger partial charge in [-0.3, -0.25) is 4.98 Å². The first-order valence-electron chi connectivity index (χ1n) is 5.21. The summed E-state index contributed by atoms with van der Waals surface area (Å²) in [5.41, 5.74) is 1.12. The summed E-state index contributed by atoms with van der Waals surface area (Å²) in [5.74, 6) is -0.662. The Labute approximate surface area is 98.1 Å². The first-order chi connectivity index (χ1) is 8.25. The predicted molar refractivity (Wildman–Crippen MR) is 62.1 cm³/mol. The zero-order valence-corrected chi connectivity index (χ0v) is 9.09. The number of anilines is 1. The molecule has 0 aliphatic heterocycles. The lowest BCUT2D eigenvalue weighted by Gasteiger charge is -2.02. The molecule has 2 aromatic rings. The minimum absolute atomic E-state index is 0.0612. The van der Waals surface area contributed by atoms with E-state index in [2.05, 4.69) is 10.3 Å². The first kappa shape index (κ1) is 11.2. The number of hydrogen-bond acceptors (Lipinski definition) is 4. The number of nitrogens with one attached hydrogen (secondary N) is 1. The number of aromatic carboxylic acids is 1. The summed E-state index contributed by atoms with van der Waals surface area (Å²) in [4.78, 5) is 14.6. The van der Waals surface area contributed by atoms with Crippen molar-refractivity contribution >= 4 is 11.9 Å². The van der Waals surface area contributed by atoms with Gasteiger partial charge in [-0.25, -0.2) is 4.79 Å². The molecule has 2 aromatic heterocycles. The van der Waals surface area contributed by atoms with Crippen molar-refractivity contribution in [2.45, 2.75) is 6.42 Å². The van der Waals surface area contributed by atoms with Crippen molar-refractivity contribution in [2.24, 2.45) is 0 Å². The van der Waals surface area contributed by atoms with Gasteiger partial charge in [0.05, 0.1) is 0 Å². The minimum atomic E-state index is -1.06. The lowest BCUT2D eigenvalue weighted by molar-refractivity contribution is 0.0663. The molecule has 2 heterocycles. The van der Waals surface area contributed by atoms with Crippen molar-refractivity contribution in [3.05, 3.63) is 48.0 Å². The summed E-state index contributed by atoms with van der Waals surface area (Å²) >= 11 is 0. The Morgan fingerprint density at radius 2 is 2.29 bits per heavy atom. The van der Waals surface area contributed by atoms with Gasteiger partial charge in [-0.05, 0) is 24.1 Å². The van der Waals surface area contributed by atoms with Crippen molar-refractivity contribution < 1.29 is 14.3 Å². The zero-order valence-electron chi connectivity index (χ0n) is 9.09. The highest BCUT2D eigenvalue weighted by atomic mass is 16.4. The highest BCUT2D eigenvalue weighted by Gasteiger charge is 2.07. The molecule has 0 saturated heterocycles. The van der Waals surface area contributed by atoms with Crippen LogP contribution in [-0.4, -0.2) is 22.6 Å². The summed E-state index contributed by atoms with van der Waals surface area (Å²) in [6, 6.07) is 6.89. The van der Waals surface area contributed by atoms with E-state index in [4.69, 9.17) is 9.52 Å². The van der Waals surface area contributed by atoms with Gasteiger partial charge < -0.3 is 14.8 Å². The number of aromatic nitrogens is 1. The van der Waals surface area contributed by atoms with Crippen LogP contribution in [0.4, 0.5) is 5.88 Å². The third-order valence-corrected chi connectivity index (χ3v) is 2.25. The van der Waals surface area contributed by atoms with Crippen LogP contribution in [-0.2, 0) is 6.42 Å². The standard InChI is InChI=1S/C12H12N2O3/c15-12(16)10-3-4-11(17-10)14-7-5-9-2-1-6-13-8-9/h1-4,6,8,14H,5,7H2,(H,15,16). The second kappa shape index (κ2) is 5.16. The molecule has 88 valence electrons. The fourth-order valence-corrected chi connectivity index (χ4v) is 1.42. The van der Waals surface area contributed by atoms with Crippen LogP contribution in [0.15, 0.2) is 41.1 Å². The Kier molecular flexibility index (Phi) is 3.40. The number of rotatable bonds is 5. The van der Waals surface area contributed by atoms with E-state index in [1.165, 1.54) is 6.07 Å². The van der Waals surface area contributed by atoms with Crippen molar-refractivity contribution in [3.8, 4) is 0 Å². The first-order valence-corrected chi connectivity index (χ1v) is 5.21. The Balaban J connectivity index is 1.84. The van der Waals surface area contributed by atoms with Gasteiger partial charge in [-0.15, -0.1) is 0 Å². The number of carboxylic acid groups (broad SMARTS) is 1. The Morgan fingerprint density at radius 1 is 1.41 bits per heavy atom. The summed E-state index contributed by atoms with van der Waals surface area (Å²) in [6.45, 7) is 0.665. The van der Waals surface area contributed by atoms with E-state index < -0.39 is 5.97 Å². The molecule has 0 aliphatic carbocycles. The number of nitrogens with zero attached hydrogens (tertiary/aromatic N) is 1. The second-order valence-corrected chi connectivity index (χ2v) is 3.51. The highest BCUT2D eigenvalue weighted by molar-refractivity contribution is 5.84. The average Bonchev–Trinajstić information content (AvgIpc) is 2.79. The molecular formula is C12H12N2O3. The third kappa shape index (κ3) is 3.07. The molecule has 0 fully saturated rings. The van der Waals surface area contributed by atoms with E-state index in [0.717, 1.165) is 12.0 Å². The lowest BCUT2D eigenvalue weighted by Crippen LogP contribution is -2.04. The summed E-state index contributed by atoms with van der Waals surface area (Å²) < 4.78 is 5.06. The Bertz CT molecular complexity index is 493. The number of pyridine rings is 1. The molecular weight excluding hydrogens is 220 g/mol. The fourth-order valence-electron chi connectivity index (χ4n) is 1.42. The van der Waals surface area contributed by atoms with Crippen LogP contribution in [0.1, 0.15) is 16.1 Å². The second-order valence-electron chi connectivity index (χ2n) is 3.51. The molecule has 0 amide bonds. The van der Waals surface area contributed by atoms with E-state index in [0.29, 0.717) is 12.4 Å². The van der Waals surface area contributed by atoms with Crippen LogP contribution in [0.5, 0.6) is 0 Å². The highest BCUT2D eigenvalue weighted by Crippen LogP contribution is 2.13. The number of carboxylic acids is 1. The number of hydrogen-bond donors (Lipinski definition) is 2. The van der Waals surface area contributed by atoms with Gasteiger partial charge in [-0.2, -0.15) is 0 Å². The molecule has 0 bridgehead atoms. The smallest absolute Gasteiger partial charge is 0.371 e. The van der Waals surface area contributed by atoms with Crippen LogP contribution >= 0.6 is 0 Å². The monoisotopic (exact) mass is 232 g/mol. The molecule has 0 spiro atoms. The predicted octanol–water partition coefficient (Wildman–Crippen LogP) is 2.03. The topological polar surface area (TPSA) is 75.4 Å². The molecule has 0 saturated carbocycles. The molecule has 0 aromatic carbocycles. The molecule has 0 unspecified atom stereocenters. The zero-order chi connectivity index (χ0) is 12.1. The van der Waals surface area contributed by atoms with Gasteiger partial charge >= 0.3 is 5.97 Å². The van der Waals surface area contributed by atoms with Gasteiger partial charge in [-0.1, -0.05) is 6.07 Å². The summed E-state index contributed by atoms with van der Waals surface area (Å²) in [6.07, 6.45) is 4.33. The maximum absolute atomic E-state index is 10.6. The minimum Gasteiger partial charge on any atom is -0.475 e. The van der Waals surface area contributed by atoms with Gasteiger partial charge in [0, 0.05) is 25.0 Å². The molecule has 2 N–H and O–H groups in total. The normalized spacial score (nSPS) is 10.1. The van der Waals surface area contributed by atoms with Crippen molar-refractivity contribution in [3.63, 3.8) is 0 Å². The summed E-state index contributed by atoms with van der Waals surface area (Å²) in [7, 11) is 0. The molecule has 0 atom stereocenters. The van der Waals surface area contributed by atoms with Crippen molar-refractivity contribution in [1.29, 1.82) is 0 Å². The molecule has 0 radical (unpaired) electrons. The Hall–Kier alpha value is -2.30. The number of furan rings is 1. The molecule has 5 heteroatoms. The van der Waals surface area contributed by atoms with Gasteiger partial charge in [0.15, 0.2) is 5.88 Å². The summed E-state index contributed by atoms with van der Waals surface area (Å²) in [5, 5.41) is 11.7. The van der Waals surface area contributed by atoms with Gasteiger partial charge in [0.2, 0.25) is 5.76 Å². The number of carbonyl (C=O) groups is 1. The molecule has 5 nitrogen and oxygen atoms in total. The van der Waals surface area contributed by atoms with Crippen LogP contribution in [0.25, 0.3) is 0 Å². The maximum atomic E-state index is 10.6. The largest absolute Gasteiger partial charge is 0.475 e. The van der Waals surface area contributed by atoms with E-state index in [1.54, 1.807) is 18.5 Å². The quantitative estimate of drug-likeness (QED) is 0.824. The lowest BCUT2D eigenvalue weighted by atomic mass is 10.2. The average molecular weight is 232 g/mol. The van der Waals surface area contributed by atoms with Crippen LogP contribution in [0, 0.1) is 0 Å². The maximum Gasteiger partial charge on any atom is 0.371 e. The molecule has 2 rings (SSSR count). The molecule has 0 aliphatic rings. The van der Waals surface area contributed by atoms with E-state index >= 15 is 0 Å². The SMILES string of the molecule is O=C(O)c1ccc(NCCc2cccnc2)o1. The van der Waals surface area contributed by atoms with Crippen LogP contribution in [0.3, 0.4) is 0 Å². The Morgan fingerprint density at radius 3 is 2.94 bits per heavy atom. The van der Waals surface area contributed by atoms with Crippen molar-refractivity contribution in [2.75, 3.05) is 11.9 Å². The van der Waals surface area contributed by atoms with Crippen LogP contribution in [0.2, 0.25) is 0 Å². The third-order valence-electron chi connectivity index (χ3n) is 2.25. The van der Waals surface area contributed by atoms with Crippen molar-refractivity contribution in [1.82, 2.24) is 4.98 Å². The van der Waals surface area contributed by atoms with E-state index in [1.807, 2.05) is 12.1 Å². The van der Waals surface area contributed by atoms with Gasteiger partial charge in [0.1, 0.15) is 0 Å². The van der Waals surface area contributed by atoms with E-state index in [-0.39, 0.29) is 5.76 Å². The fraction of sp³-hybridized carbons (Fsp3) is 0.167. The van der Waals surface area contributed by atoms with Crippen LogP contribution < -0.4 is 5.32 Å². The van der Waals surface area contributed by atoms with Gasteiger partial charge in [0.25, 0.3) is 0 Å². The molecule has 17 heavy (non-hydrogen) atoms. The van der Waals surface area contributed by atoms with E-state index in [9.17, 15) is 4.79 Å².